The summed E-state index contributed by atoms with van der Waals surface area (Å²) in [7, 11) is 0. The molecule has 0 fully saturated rings. The molecule has 0 atom stereocenters. The Morgan fingerprint density at radius 2 is 1.67 bits per heavy atom. The van der Waals surface area contributed by atoms with Crippen LogP contribution in [0.3, 0.4) is 0 Å². The summed E-state index contributed by atoms with van der Waals surface area (Å²) in [6, 6.07) is 15.0. The van der Waals surface area contributed by atoms with Gasteiger partial charge < -0.3 is 10.6 Å². The second kappa shape index (κ2) is 9.32. The van der Waals surface area contributed by atoms with Gasteiger partial charge in [0.05, 0.1) is 10.5 Å². The van der Waals surface area contributed by atoms with Crippen LogP contribution in [0.5, 0.6) is 0 Å². The number of non-ortho nitro benzene ring substituents is 1. The number of hydrogen-bond donors (Lipinski definition) is 2. The average molecular weight is 423 g/mol. The van der Waals surface area contributed by atoms with Crippen molar-refractivity contribution in [2.45, 2.75) is 26.3 Å². The lowest BCUT2D eigenvalue weighted by Crippen LogP contribution is -2.24. The monoisotopic (exact) mass is 423 g/mol. The molecular formula is C22H21N3O4S. The van der Waals surface area contributed by atoms with Gasteiger partial charge >= 0.3 is 0 Å². The third kappa shape index (κ3) is 5.09. The molecule has 1 aromatic heterocycles. The molecule has 3 aromatic rings. The van der Waals surface area contributed by atoms with Crippen LogP contribution in [-0.4, -0.2) is 16.7 Å². The fraction of sp³-hybridized carbons (Fsp3) is 0.182. The quantitative estimate of drug-likeness (QED) is 0.414. The number of benzene rings is 2. The van der Waals surface area contributed by atoms with E-state index in [1.54, 1.807) is 35.7 Å². The van der Waals surface area contributed by atoms with E-state index < -0.39 is 4.92 Å². The minimum absolute atomic E-state index is 0.00524. The number of hydrogen-bond acceptors (Lipinski definition) is 5. The van der Waals surface area contributed by atoms with Crippen molar-refractivity contribution in [3.8, 4) is 0 Å². The van der Waals surface area contributed by atoms with E-state index in [-0.39, 0.29) is 24.0 Å². The lowest BCUT2D eigenvalue weighted by molar-refractivity contribution is -0.384. The van der Waals surface area contributed by atoms with Crippen LogP contribution in [0.25, 0.3) is 0 Å². The summed E-state index contributed by atoms with van der Waals surface area (Å²) < 4.78 is 0. The normalized spacial score (nSPS) is 10.6. The molecule has 0 saturated carbocycles. The molecule has 0 unspecified atom stereocenters. The summed E-state index contributed by atoms with van der Waals surface area (Å²) in [5.41, 5.74) is 2.77. The third-order valence-electron chi connectivity index (χ3n) is 4.58. The van der Waals surface area contributed by atoms with Crippen LogP contribution in [-0.2, 0) is 6.54 Å². The van der Waals surface area contributed by atoms with E-state index in [1.165, 1.54) is 23.5 Å². The van der Waals surface area contributed by atoms with Crippen molar-refractivity contribution < 1.29 is 14.5 Å². The van der Waals surface area contributed by atoms with E-state index in [0.29, 0.717) is 22.0 Å². The van der Waals surface area contributed by atoms with E-state index in [1.807, 2.05) is 12.1 Å². The van der Waals surface area contributed by atoms with Gasteiger partial charge in [0.15, 0.2) is 0 Å². The Bertz CT molecular complexity index is 1060. The molecule has 0 aliphatic rings. The van der Waals surface area contributed by atoms with Gasteiger partial charge in [0.1, 0.15) is 5.00 Å². The number of nitrogens with zero attached hydrogens (tertiary/aromatic N) is 1. The maximum absolute atomic E-state index is 12.5. The largest absolute Gasteiger partial charge is 0.348 e. The molecule has 0 saturated heterocycles. The lowest BCUT2D eigenvalue weighted by atomic mass is 10.0. The Morgan fingerprint density at radius 1 is 1.00 bits per heavy atom. The van der Waals surface area contributed by atoms with Crippen molar-refractivity contribution in [2.24, 2.45) is 0 Å². The highest BCUT2D eigenvalue weighted by molar-refractivity contribution is 7.14. The Balaban J connectivity index is 1.63. The smallest absolute Gasteiger partial charge is 0.269 e. The van der Waals surface area contributed by atoms with Crippen LogP contribution in [0, 0.1) is 10.1 Å². The standard InChI is InChI=1S/C22H21N3O4S/c1-14(2)16-5-7-17(8-6-16)20(26)24-22-19(11-12-30-22)21(27)23-13-15-3-9-18(10-4-15)25(28)29/h3-12,14H,13H2,1-2H3,(H,23,27)(H,24,26). The molecule has 2 aromatic carbocycles. The number of nitrogens with one attached hydrogen (secondary N) is 2. The molecule has 0 aliphatic carbocycles. The highest BCUT2D eigenvalue weighted by atomic mass is 32.1. The number of nitro benzene ring substituents is 1. The Hall–Kier alpha value is -3.52. The predicted molar refractivity (Wildman–Crippen MR) is 117 cm³/mol. The molecule has 3 rings (SSSR count). The minimum Gasteiger partial charge on any atom is -0.348 e. The number of carbonyl (C=O) groups is 2. The zero-order valence-electron chi connectivity index (χ0n) is 16.5. The summed E-state index contributed by atoms with van der Waals surface area (Å²) in [5.74, 6) is -0.234. The van der Waals surface area contributed by atoms with Gasteiger partial charge in [0, 0.05) is 24.2 Å². The number of anilines is 1. The number of nitro groups is 1. The third-order valence-corrected chi connectivity index (χ3v) is 5.41. The summed E-state index contributed by atoms with van der Waals surface area (Å²) in [6.07, 6.45) is 0. The van der Waals surface area contributed by atoms with Crippen molar-refractivity contribution in [3.63, 3.8) is 0 Å². The Kier molecular flexibility index (Phi) is 6.58. The zero-order valence-corrected chi connectivity index (χ0v) is 17.4. The fourth-order valence-electron chi connectivity index (χ4n) is 2.79. The van der Waals surface area contributed by atoms with Crippen molar-refractivity contribution in [1.29, 1.82) is 0 Å². The number of rotatable bonds is 7. The van der Waals surface area contributed by atoms with Crippen LogP contribution in [0.15, 0.2) is 60.0 Å². The first-order valence-electron chi connectivity index (χ1n) is 9.35. The first kappa shape index (κ1) is 21.2. The van der Waals surface area contributed by atoms with Gasteiger partial charge in [-0.3, -0.25) is 19.7 Å². The van der Waals surface area contributed by atoms with Gasteiger partial charge in [-0.25, -0.2) is 0 Å². The molecule has 2 N–H and O–H groups in total. The molecule has 154 valence electrons. The molecule has 8 heteroatoms. The fourth-order valence-corrected chi connectivity index (χ4v) is 3.57. The van der Waals surface area contributed by atoms with Crippen LogP contribution in [0.1, 0.15) is 51.6 Å². The van der Waals surface area contributed by atoms with Gasteiger partial charge in [0.2, 0.25) is 0 Å². The van der Waals surface area contributed by atoms with Gasteiger partial charge in [-0.1, -0.05) is 38.1 Å². The maximum atomic E-state index is 12.5. The molecule has 30 heavy (non-hydrogen) atoms. The molecule has 1 heterocycles. The van der Waals surface area contributed by atoms with E-state index in [2.05, 4.69) is 24.5 Å². The molecule has 0 spiro atoms. The maximum Gasteiger partial charge on any atom is 0.269 e. The molecule has 0 bridgehead atoms. The first-order chi connectivity index (χ1) is 14.3. The predicted octanol–water partition coefficient (Wildman–Crippen LogP) is 4.96. The van der Waals surface area contributed by atoms with Crippen molar-refractivity contribution in [3.05, 3.63) is 92.3 Å². The Labute approximate surface area is 177 Å². The highest BCUT2D eigenvalue weighted by Crippen LogP contribution is 2.24. The van der Waals surface area contributed by atoms with E-state index in [4.69, 9.17) is 0 Å². The van der Waals surface area contributed by atoms with Crippen LogP contribution in [0.4, 0.5) is 10.7 Å². The van der Waals surface area contributed by atoms with Crippen LogP contribution < -0.4 is 10.6 Å². The minimum atomic E-state index is -0.473. The number of carbonyl (C=O) groups excluding carboxylic acids is 2. The zero-order chi connectivity index (χ0) is 21.7. The second-order valence-electron chi connectivity index (χ2n) is 7.00. The molecule has 2 amide bonds. The van der Waals surface area contributed by atoms with E-state index >= 15 is 0 Å². The number of thiophene rings is 1. The van der Waals surface area contributed by atoms with E-state index in [0.717, 1.165) is 11.1 Å². The summed E-state index contributed by atoms with van der Waals surface area (Å²) in [5, 5.41) is 18.5. The SMILES string of the molecule is CC(C)c1ccc(C(=O)Nc2sccc2C(=O)NCc2ccc([N+](=O)[O-])cc2)cc1. The van der Waals surface area contributed by atoms with Crippen molar-refractivity contribution in [1.82, 2.24) is 5.32 Å². The summed E-state index contributed by atoms with van der Waals surface area (Å²) in [6.45, 7) is 4.39. The first-order valence-corrected chi connectivity index (χ1v) is 10.2. The average Bonchev–Trinajstić information content (AvgIpc) is 3.20. The molecule has 0 aliphatic heterocycles. The highest BCUT2D eigenvalue weighted by Gasteiger charge is 2.16. The van der Waals surface area contributed by atoms with Gasteiger partial charge in [-0.2, -0.15) is 0 Å². The van der Waals surface area contributed by atoms with Gasteiger partial charge in [-0.15, -0.1) is 11.3 Å². The summed E-state index contributed by atoms with van der Waals surface area (Å²) in [4.78, 5) is 35.3. The molecular weight excluding hydrogens is 402 g/mol. The van der Waals surface area contributed by atoms with Gasteiger partial charge in [-0.05, 0) is 40.6 Å². The van der Waals surface area contributed by atoms with Crippen LogP contribution in [0.2, 0.25) is 0 Å². The molecule has 7 nitrogen and oxygen atoms in total. The van der Waals surface area contributed by atoms with Crippen molar-refractivity contribution >= 4 is 33.8 Å². The lowest BCUT2D eigenvalue weighted by Gasteiger charge is -2.09. The topological polar surface area (TPSA) is 101 Å². The van der Waals surface area contributed by atoms with E-state index in [9.17, 15) is 19.7 Å². The number of amides is 2. The van der Waals surface area contributed by atoms with Crippen molar-refractivity contribution in [2.75, 3.05) is 5.32 Å². The molecule has 0 radical (unpaired) electrons. The second-order valence-corrected chi connectivity index (χ2v) is 7.92. The summed E-state index contributed by atoms with van der Waals surface area (Å²) >= 11 is 1.27. The Morgan fingerprint density at radius 3 is 2.27 bits per heavy atom. The van der Waals surface area contributed by atoms with Gasteiger partial charge in [0.25, 0.3) is 17.5 Å². The van der Waals surface area contributed by atoms with Crippen LogP contribution >= 0.6 is 11.3 Å².